The number of anilines is 1. The Morgan fingerprint density at radius 1 is 1.19 bits per heavy atom. The van der Waals surface area contributed by atoms with E-state index in [0.29, 0.717) is 18.0 Å². The lowest BCUT2D eigenvalue weighted by Crippen LogP contribution is -2.37. The summed E-state index contributed by atoms with van der Waals surface area (Å²) in [5.41, 5.74) is 1.34. The van der Waals surface area contributed by atoms with Gasteiger partial charge in [0.2, 0.25) is 0 Å². The quantitative estimate of drug-likeness (QED) is 0.147. The monoisotopic (exact) mass is 505 g/mol. The van der Waals surface area contributed by atoms with Crippen LogP contribution in [0, 0.1) is 22.7 Å². The molecule has 3 rings (SSSR count). The molecule has 1 aromatic heterocycles. The number of allylic oxidation sites excluding steroid dienone is 1. The Labute approximate surface area is 218 Å². The maximum Gasteiger partial charge on any atom is 0.324 e. The molecule has 0 aliphatic carbocycles. The Bertz CT molecular complexity index is 1140. The number of urea groups is 1. The van der Waals surface area contributed by atoms with Gasteiger partial charge in [0.1, 0.15) is 23.0 Å². The third kappa shape index (κ3) is 9.95. The summed E-state index contributed by atoms with van der Waals surface area (Å²) in [7, 11) is 0. The minimum absolute atomic E-state index is 0.00374. The smallest absolute Gasteiger partial charge is 0.324 e. The Kier molecular flexibility index (Phi) is 10.1. The van der Waals surface area contributed by atoms with E-state index >= 15 is 0 Å². The summed E-state index contributed by atoms with van der Waals surface area (Å²) in [5, 5.41) is 22.7. The Morgan fingerprint density at radius 2 is 1.92 bits per heavy atom. The molecule has 1 aromatic carbocycles. The number of aromatic nitrogens is 1. The molecule has 1 aliphatic rings. The standard InChI is InChI=1S/C28H35N5O4/c1-28(2,3)25(34)19-26(29)32-27(35)31-23-10-9-22(30-20-23)8-5-21-6-11-24(12-7-21)37-16-4-13-33-14-17-36-18-15-33/h6-7,9-12,19-20,34H,4,13-18H2,1-3H3,(H3,29,31,32,35)/b25-19-. The molecule has 1 fully saturated rings. The van der Waals surface area contributed by atoms with Crippen LogP contribution in [0.3, 0.4) is 0 Å². The molecule has 0 radical (unpaired) electrons. The van der Waals surface area contributed by atoms with Crippen molar-refractivity contribution in [2.24, 2.45) is 5.41 Å². The van der Waals surface area contributed by atoms with Crippen molar-refractivity contribution in [2.75, 3.05) is 44.8 Å². The summed E-state index contributed by atoms with van der Waals surface area (Å²) in [6, 6.07) is 10.4. The van der Waals surface area contributed by atoms with Crippen molar-refractivity contribution in [1.29, 1.82) is 5.41 Å². The highest BCUT2D eigenvalue weighted by molar-refractivity contribution is 6.06. The first-order valence-electron chi connectivity index (χ1n) is 12.3. The zero-order valence-electron chi connectivity index (χ0n) is 21.6. The normalized spacial score (nSPS) is 14.3. The number of morpholine rings is 1. The van der Waals surface area contributed by atoms with Crippen LogP contribution in [0.25, 0.3) is 0 Å². The number of pyridine rings is 1. The maximum absolute atomic E-state index is 12.1. The Morgan fingerprint density at radius 3 is 2.57 bits per heavy atom. The SMILES string of the molecule is CC(C)(C)/C(O)=C/C(=N)NC(=O)Nc1ccc(C#Cc2ccc(OCCCN3CCOCC3)cc2)nc1. The number of carbonyl (C=O) groups excluding carboxylic acids is 1. The van der Waals surface area contributed by atoms with Crippen LogP contribution >= 0.6 is 0 Å². The van der Waals surface area contributed by atoms with E-state index in [4.69, 9.17) is 14.9 Å². The van der Waals surface area contributed by atoms with Crippen molar-refractivity contribution in [3.05, 3.63) is 65.7 Å². The highest BCUT2D eigenvalue weighted by Gasteiger charge is 2.17. The van der Waals surface area contributed by atoms with Crippen LogP contribution in [0.15, 0.2) is 54.4 Å². The van der Waals surface area contributed by atoms with Crippen molar-refractivity contribution in [3.63, 3.8) is 0 Å². The second kappa shape index (κ2) is 13.4. The van der Waals surface area contributed by atoms with Gasteiger partial charge in [-0.15, -0.1) is 0 Å². The average molecular weight is 506 g/mol. The zero-order valence-corrected chi connectivity index (χ0v) is 21.6. The molecule has 2 heterocycles. The summed E-state index contributed by atoms with van der Waals surface area (Å²) in [4.78, 5) is 18.7. The number of hydrogen-bond acceptors (Lipinski definition) is 7. The molecule has 0 unspecified atom stereocenters. The predicted molar refractivity (Wildman–Crippen MR) is 144 cm³/mol. The maximum atomic E-state index is 12.1. The van der Waals surface area contributed by atoms with Gasteiger partial charge in [0.15, 0.2) is 0 Å². The van der Waals surface area contributed by atoms with Crippen molar-refractivity contribution < 1.29 is 19.4 Å². The van der Waals surface area contributed by atoms with Crippen LogP contribution in [0.1, 0.15) is 38.4 Å². The summed E-state index contributed by atoms with van der Waals surface area (Å²) in [6.07, 6.45) is 3.67. The van der Waals surface area contributed by atoms with Gasteiger partial charge in [-0.3, -0.25) is 15.6 Å². The molecule has 0 saturated carbocycles. The molecule has 4 N–H and O–H groups in total. The molecule has 0 spiro atoms. The van der Waals surface area contributed by atoms with Gasteiger partial charge in [-0.1, -0.05) is 26.7 Å². The molecule has 9 heteroatoms. The predicted octanol–water partition coefficient (Wildman–Crippen LogP) is 4.17. The first-order valence-corrected chi connectivity index (χ1v) is 12.3. The molecular weight excluding hydrogens is 470 g/mol. The molecule has 37 heavy (non-hydrogen) atoms. The van der Waals surface area contributed by atoms with Crippen LogP contribution in [0.5, 0.6) is 5.75 Å². The fourth-order valence-corrected chi connectivity index (χ4v) is 3.29. The summed E-state index contributed by atoms with van der Waals surface area (Å²) < 4.78 is 11.2. The topological polar surface area (TPSA) is 120 Å². The van der Waals surface area contributed by atoms with Crippen LogP contribution < -0.4 is 15.4 Å². The van der Waals surface area contributed by atoms with E-state index in [-0.39, 0.29) is 11.6 Å². The Balaban J connectivity index is 1.43. The van der Waals surface area contributed by atoms with Crippen molar-refractivity contribution in [3.8, 4) is 17.6 Å². The molecule has 1 saturated heterocycles. The highest BCUT2D eigenvalue weighted by Crippen LogP contribution is 2.22. The number of aliphatic hydroxyl groups is 1. The molecule has 2 aromatic rings. The van der Waals surface area contributed by atoms with Crippen molar-refractivity contribution >= 4 is 17.6 Å². The minimum atomic E-state index is -0.605. The van der Waals surface area contributed by atoms with Gasteiger partial charge < -0.3 is 19.9 Å². The fraction of sp³-hybridized carbons (Fsp3) is 0.393. The lowest BCUT2D eigenvalue weighted by molar-refractivity contribution is 0.0358. The van der Waals surface area contributed by atoms with Gasteiger partial charge in [-0.2, -0.15) is 0 Å². The number of nitrogens with zero attached hydrogens (tertiary/aromatic N) is 2. The van der Waals surface area contributed by atoms with Gasteiger partial charge in [-0.05, 0) is 48.7 Å². The zero-order chi connectivity index (χ0) is 26.7. The molecule has 0 atom stereocenters. The first-order chi connectivity index (χ1) is 17.7. The number of amidine groups is 1. The number of rotatable bonds is 7. The minimum Gasteiger partial charge on any atom is -0.512 e. The second-order valence-corrected chi connectivity index (χ2v) is 9.63. The lowest BCUT2D eigenvalue weighted by Gasteiger charge is -2.26. The van der Waals surface area contributed by atoms with Crippen LogP contribution in [0.4, 0.5) is 10.5 Å². The van der Waals surface area contributed by atoms with Gasteiger partial charge in [-0.25, -0.2) is 9.78 Å². The molecular formula is C28H35N5O4. The van der Waals surface area contributed by atoms with E-state index in [9.17, 15) is 9.90 Å². The largest absolute Gasteiger partial charge is 0.512 e. The highest BCUT2D eigenvalue weighted by atomic mass is 16.5. The number of nitrogens with one attached hydrogen (secondary N) is 3. The van der Waals surface area contributed by atoms with Crippen LogP contribution in [0.2, 0.25) is 0 Å². The third-order valence-electron chi connectivity index (χ3n) is 5.50. The molecule has 9 nitrogen and oxygen atoms in total. The molecule has 2 amide bonds. The van der Waals surface area contributed by atoms with Crippen molar-refractivity contribution in [2.45, 2.75) is 27.2 Å². The van der Waals surface area contributed by atoms with Crippen molar-refractivity contribution in [1.82, 2.24) is 15.2 Å². The summed E-state index contributed by atoms with van der Waals surface area (Å²) in [6.45, 7) is 10.7. The van der Waals surface area contributed by atoms with E-state index in [2.05, 4.69) is 32.4 Å². The van der Waals surface area contributed by atoms with Gasteiger partial charge in [0, 0.05) is 36.7 Å². The first kappa shape index (κ1) is 27.7. The van der Waals surface area contributed by atoms with E-state index in [1.54, 1.807) is 12.1 Å². The number of carbonyl (C=O) groups is 1. The van der Waals surface area contributed by atoms with Gasteiger partial charge in [0.05, 0.1) is 31.7 Å². The van der Waals surface area contributed by atoms with Crippen LogP contribution in [-0.2, 0) is 4.74 Å². The number of benzene rings is 1. The number of hydrogen-bond donors (Lipinski definition) is 4. The van der Waals surface area contributed by atoms with Crippen LogP contribution in [-0.4, -0.2) is 66.3 Å². The second-order valence-electron chi connectivity index (χ2n) is 9.63. The Hall–Kier alpha value is -3.87. The van der Waals surface area contributed by atoms with E-state index in [1.165, 1.54) is 12.3 Å². The van der Waals surface area contributed by atoms with E-state index < -0.39 is 11.4 Å². The van der Waals surface area contributed by atoms with Gasteiger partial charge in [0.25, 0.3) is 0 Å². The van der Waals surface area contributed by atoms with Gasteiger partial charge >= 0.3 is 6.03 Å². The number of ether oxygens (including phenoxy) is 2. The van der Waals surface area contributed by atoms with E-state index in [0.717, 1.165) is 50.6 Å². The number of amides is 2. The average Bonchev–Trinajstić information content (AvgIpc) is 2.87. The lowest BCUT2D eigenvalue weighted by atomic mass is 9.93. The molecule has 0 bridgehead atoms. The fourth-order valence-electron chi connectivity index (χ4n) is 3.29. The summed E-state index contributed by atoms with van der Waals surface area (Å²) in [5.74, 6) is 6.67. The third-order valence-corrected chi connectivity index (χ3v) is 5.50. The van der Waals surface area contributed by atoms with E-state index in [1.807, 2.05) is 45.0 Å². The number of aliphatic hydroxyl groups excluding tert-OH is 1. The molecule has 196 valence electrons. The summed E-state index contributed by atoms with van der Waals surface area (Å²) >= 11 is 0. The molecule has 1 aliphatic heterocycles.